The lowest BCUT2D eigenvalue weighted by Crippen LogP contribution is -2.37. The maximum absolute atomic E-state index is 10.3. The van der Waals surface area contributed by atoms with Crippen LogP contribution in [0.1, 0.15) is 42.6 Å². The van der Waals surface area contributed by atoms with Gasteiger partial charge < -0.3 is 19.4 Å². The van der Waals surface area contributed by atoms with E-state index >= 15 is 0 Å². The normalized spacial score (nSPS) is 22.2. The Hall–Kier alpha value is -1.63. The number of aliphatic hydroxyl groups is 1. The minimum Gasteiger partial charge on any atom is -0.494 e. The number of ether oxygens (including phenoxy) is 2. The van der Waals surface area contributed by atoms with Gasteiger partial charge in [-0.1, -0.05) is 35.9 Å². The lowest BCUT2D eigenvalue weighted by atomic mass is 9.94. The summed E-state index contributed by atoms with van der Waals surface area (Å²) in [4.78, 5) is 4.91. The summed E-state index contributed by atoms with van der Waals surface area (Å²) in [6.45, 7) is 3.16. The highest BCUT2D eigenvalue weighted by Crippen LogP contribution is 2.33. The molecular formula is C22H28ClNO4. The number of halogens is 1. The van der Waals surface area contributed by atoms with Crippen molar-refractivity contribution in [2.45, 2.75) is 44.5 Å². The van der Waals surface area contributed by atoms with E-state index in [1.807, 2.05) is 31.2 Å². The number of nitrogens with one attached hydrogen (secondary N) is 1. The van der Waals surface area contributed by atoms with Crippen LogP contribution in [0.5, 0.6) is 5.75 Å². The van der Waals surface area contributed by atoms with Crippen LogP contribution in [0.3, 0.4) is 0 Å². The number of hydrogen-bond donors (Lipinski definition) is 2. The van der Waals surface area contributed by atoms with E-state index in [2.05, 4.69) is 23.7 Å². The van der Waals surface area contributed by atoms with Crippen LogP contribution in [-0.2, 0) is 16.0 Å². The molecule has 0 aromatic heterocycles. The Morgan fingerprint density at radius 3 is 2.68 bits per heavy atom. The third-order valence-electron chi connectivity index (χ3n) is 4.90. The first kappa shape index (κ1) is 21.1. The standard InChI is InChI=1S/C22H28ClNO4/c1-3-27-19-7-4-15(5-8-19)10-17-11-16(6-9-21(17)23)22-13-18(25)12-20(28-22)14-24-26-2/h4-9,11,18,20,22,24-25H,3,10,12-14H2,1-2H3. The Balaban J connectivity index is 1.73. The molecule has 1 fully saturated rings. The molecule has 2 N–H and O–H groups in total. The maximum Gasteiger partial charge on any atom is 0.119 e. The van der Waals surface area contributed by atoms with Crippen LogP contribution in [0.2, 0.25) is 5.02 Å². The van der Waals surface area contributed by atoms with Gasteiger partial charge >= 0.3 is 0 Å². The number of aliphatic hydroxyl groups excluding tert-OH is 1. The smallest absolute Gasteiger partial charge is 0.119 e. The van der Waals surface area contributed by atoms with Crippen molar-refractivity contribution >= 4 is 11.6 Å². The van der Waals surface area contributed by atoms with Crippen molar-refractivity contribution in [1.29, 1.82) is 0 Å². The van der Waals surface area contributed by atoms with Crippen molar-refractivity contribution in [3.8, 4) is 5.75 Å². The molecule has 0 saturated carbocycles. The van der Waals surface area contributed by atoms with Crippen LogP contribution in [-0.4, -0.2) is 37.6 Å². The topological polar surface area (TPSA) is 60.0 Å². The quantitative estimate of drug-likeness (QED) is 0.648. The average molecular weight is 406 g/mol. The third-order valence-corrected chi connectivity index (χ3v) is 5.27. The van der Waals surface area contributed by atoms with E-state index < -0.39 is 6.10 Å². The summed E-state index contributed by atoms with van der Waals surface area (Å²) in [5.41, 5.74) is 6.05. The van der Waals surface area contributed by atoms with Gasteiger partial charge in [0.2, 0.25) is 0 Å². The molecule has 1 heterocycles. The minimum absolute atomic E-state index is 0.0982. The Bertz CT molecular complexity index is 753. The van der Waals surface area contributed by atoms with E-state index in [9.17, 15) is 5.11 Å². The van der Waals surface area contributed by atoms with E-state index in [1.54, 1.807) is 7.11 Å². The van der Waals surface area contributed by atoms with Gasteiger partial charge in [-0.25, -0.2) is 5.48 Å². The zero-order chi connectivity index (χ0) is 19.9. The summed E-state index contributed by atoms with van der Waals surface area (Å²) >= 11 is 6.45. The highest BCUT2D eigenvalue weighted by Gasteiger charge is 2.29. The predicted octanol–water partition coefficient (Wildman–Crippen LogP) is 4.06. The molecule has 0 amide bonds. The third kappa shape index (κ3) is 5.69. The molecule has 0 radical (unpaired) electrons. The Morgan fingerprint density at radius 1 is 1.18 bits per heavy atom. The average Bonchev–Trinajstić information content (AvgIpc) is 2.69. The van der Waals surface area contributed by atoms with Gasteiger partial charge in [0.15, 0.2) is 0 Å². The van der Waals surface area contributed by atoms with E-state index in [0.29, 0.717) is 26.0 Å². The van der Waals surface area contributed by atoms with Gasteiger partial charge in [-0.2, -0.15) is 0 Å². The molecule has 2 aromatic rings. The summed E-state index contributed by atoms with van der Waals surface area (Å²) < 4.78 is 11.7. The first-order valence-electron chi connectivity index (χ1n) is 9.68. The fourth-order valence-electron chi connectivity index (χ4n) is 3.53. The molecule has 3 atom stereocenters. The van der Waals surface area contributed by atoms with Crippen LogP contribution in [0.25, 0.3) is 0 Å². The zero-order valence-corrected chi connectivity index (χ0v) is 17.1. The maximum atomic E-state index is 10.3. The molecule has 28 heavy (non-hydrogen) atoms. The Labute approximate surface area is 171 Å². The van der Waals surface area contributed by atoms with Crippen molar-refractivity contribution in [3.63, 3.8) is 0 Å². The highest BCUT2D eigenvalue weighted by molar-refractivity contribution is 6.31. The fourth-order valence-corrected chi connectivity index (χ4v) is 3.72. The van der Waals surface area contributed by atoms with Crippen LogP contribution in [0, 0.1) is 0 Å². The largest absolute Gasteiger partial charge is 0.494 e. The summed E-state index contributed by atoms with van der Waals surface area (Å²) in [6.07, 6.45) is 1.24. The van der Waals surface area contributed by atoms with Gasteiger partial charge in [-0.15, -0.1) is 0 Å². The van der Waals surface area contributed by atoms with Gasteiger partial charge in [0.25, 0.3) is 0 Å². The molecule has 2 aromatic carbocycles. The van der Waals surface area contributed by atoms with Crippen molar-refractivity contribution in [2.75, 3.05) is 20.3 Å². The molecule has 0 spiro atoms. The van der Waals surface area contributed by atoms with E-state index in [-0.39, 0.29) is 12.2 Å². The second-order valence-electron chi connectivity index (χ2n) is 7.03. The summed E-state index contributed by atoms with van der Waals surface area (Å²) in [6, 6.07) is 14.0. The minimum atomic E-state index is -0.396. The number of rotatable bonds is 8. The van der Waals surface area contributed by atoms with E-state index in [0.717, 1.165) is 33.9 Å². The molecule has 3 unspecified atom stereocenters. The first-order chi connectivity index (χ1) is 13.6. The monoisotopic (exact) mass is 405 g/mol. The van der Waals surface area contributed by atoms with Gasteiger partial charge in [0.05, 0.1) is 32.0 Å². The van der Waals surface area contributed by atoms with Crippen LogP contribution >= 0.6 is 11.6 Å². The van der Waals surface area contributed by atoms with Crippen LogP contribution < -0.4 is 10.2 Å². The number of benzene rings is 2. The Morgan fingerprint density at radius 2 is 1.96 bits per heavy atom. The molecule has 152 valence electrons. The molecule has 6 heteroatoms. The fraction of sp³-hybridized carbons (Fsp3) is 0.455. The first-order valence-corrected chi connectivity index (χ1v) is 10.1. The second-order valence-corrected chi connectivity index (χ2v) is 7.44. The van der Waals surface area contributed by atoms with Gasteiger partial charge in [0, 0.05) is 24.4 Å². The van der Waals surface area contributed by atoms with E-state index in [1.165, 1.54) is 0 Å². The predicted molar refractivity (Wildman–Crippen MR) is 110 cm³/mol. The summed E-state index contributed by atoms with van der Waals surface area (Å²) in [5, 5.41) is 11.0. The van der Waals surface area contributed by atoms with Crippen LogP contribution in [0.15, 0.2) is 42.5 Å². The Kier molecular flexibility index (Phi) is 7.71. The number of hydrogen-bond acceptors (Lipinski definition) is 5. The summed E-state index contributed by atoms with van der Waals surface area (Å²) in [7, 11) is 1.57. The molecule has 0 aliphatic carbocycles. The van der Waals surface area contributed by atoms with Gasteiger partial charge in [0.1, 0.15) is 5.75 Å². The van der Waals surface area contributed by atoms with Gasteiger partial charge in [-0.3, -0.25) is 0 Å². The van der Waals surface area contributed by atoms with Crippen molar-refractivity contribution in [3.05, 3.63) is 64.2 Å². The molecule has 3 rings (SSSR count). The second kappa shape index (κ2) is 10.2. The molecule has 1 aliphatic rings. The lowest BCUT2D eigenvalue weighted by Gasteiger charge is -2.33. The molecular weight excluding hydrogens is 378 g/mol. The number of hydroxylamine groups is 1. The van der Waals surface area contributed by atoms with Crippen LogP contribution in [0.4, 0.5) is 0 Å². The summed E-state index contributed by atoms with van der Waals surface area (Å²) in [5.74, 6) is 0.867. The SMILES string of the molecule is CCOc1ccc(Cc2cc(C3CC(O)CC(CNOC)O3)ccc2Cl)cc1. The van der Waals surface area contributed by atoms with Crippen molar-refractivity contribution < 1.29 is 19.4 Å². The molecule has 1 saturated heterocycles. The highest BCUT2D eigenvalue weighted by atomic mass is 35.5. The van der Waals surface area contributed by atoms with Gasteiger partial charge in [-0.05, 0) is 48.2 Å². The van der Waals surface area contributed by atoms with Crippen molar-refractivity contribution in [2.24, 2.45) is 0 Å². The molecule has 5 nitrogen and oxygen atoms in total. The zero-order valence-electron chi connectivity index (χ0n) is 16.4. The van der Waals surface area contributed by atoms with Crippen molar-refractivity contribution in [1.82, 2.24) is 5.48 Å². The lowest BCUT2D eigenvalue weighted by molar-refractivity contribution is -0.107. The molecule has 0 bridgehead atoms. The molecule has 1 aliphatic heterocycles. The van der Waals surface area contributed by atoms with E-state index in [4.69, 9.17) is 25.9 Å².